The van der Waals surface area contributed by atoms with Gasteiger partial charge in [-0.05, 0) is 56.0 Å². The molecular weight excluding hydrogens is 380 g/mol. The molecule has 1 spiro atoms. The zero-order valence-electron chi connectivity index (χ0n) is 16.9. The lowest BCUT2D eigenvalue weighted by molar-refractivity contribution is -0.0963. The number of benzene rings is 1. The Bertz CT molecular complexity index is 1140. The molecule has 5 rings (SSSR count). The number of carbonyl (C=O) groups is 1. The van der Waals surface area contributed by atoms with Crippen LogP contribution in [0.3, 0.4) is 0 Å². The molecule has 2 aliphatic rings. The highest BCUT2D eigenvalue weighted by atomic mass is 16.5. The van der Waals surface area contributed by atoms with E-state index in [9.17, 15) is 9.59 Å². The third-order valence-corrected chi connectivity index (χ3v) is 6.14. The van der Waals surface area contributed by atoms with Crippen LogP contribution in [0, 0.1) is 6.92 Å². The molecule has 0 aliphatic carbocycles. The SMILES string of the molecule is Cc1ccc(C(=O)N2CCC3(CC2)OCCc2cn(-c4ccccc4)nc23)c(=O)[nH]1. The fraction of sp³-hybridized carbons (Fsp3) is 0.348. The topological polar surface area (TPSA) is 80.2 Å². The van der Waals surface area contributed by atoms with Gasteiger partial charge in [0, 0.05) is 25.0 Å². The Balaban J connectivity index is 1.38. The van der Waals surface area contributed by atoms with Gasteiger partial charge in [-0.15, -0.1) is 0 Å². The van der Waals surface area contributed by atoms with Crippen LogP contribution >= 0.6 is 0 Å². The van der Waals surface area contributed by atoms with Gasteiger partial charge in [-0.25, -0.2) is 4.68 Å². The highest BCUT2D eigenvalue weighted by Crippen LogP contribution is 2.41. The van der Waals surface area contributed by atoms with E-state index >= 15 is 0 Å². The average molecular weight is 404 g/mol. The van der Waals surface area contributed by atoms with Crippen molar-refractivity contribution in [2.24, 2.45) is 0 Å². The van der Waals surface area contributed by atoms with Crippen molar-refractivity contribution in [2.45, 2.75) is 31.8 Å². The first kappa shape index (κ1) is 18.8. The van der Waals surface area contributed by atoms with Crippen molar-refractivity contribution in [1.82, 2.24) is 19.7 Å². The number of aryl methyl sites for hydroxylation is 1. The molecule has 0 bridgehead atoms. The lowest BCUT2D eigenvalue weighted by Crippen LogP contribution is -2.49. The molecule has 154 valence electrons. The third-order valence-electron chi connectivity index (χ3n) is 6.14. The number of rotatable bonds is 2. The van der Waals surface area contributed by atoms with Crippen LogP contribution in [0.15, 0.2) is 53.5 Å². The van der Waals surface area contributed by atoms with Crippen molar-refractivity contribution in [1.29, 1.82) is 0 Å². The maximum atomic E-state index is 12.9. The number of hydrogen-bond acceptors (Lipinski definition) is 4. The number of pyridine rings is 1. The number of aromatic amines is 1. The number of aromatic nitrogens is 3. The van der Waals surface area contributed by atoms with E-state index in [0.29, 0.717) is 32.5 Å². The number of nitrogens with one attached hydrogen (secondary N) is 1. The van der Waals surface area contributed by atoms with Crippen molar-refractivity contribution in [2.75, 3.05) is 19.7 Å². The molecule has 4 heterocycles. The van der Waals surface area contributed by atoms with Crippen LogP contribution in [0.25, 0.3) is 5.69 Å². The van der Waals surface area contributed by atoms with E-state index in [1.807, 2.05) is 35.0 Å². The van der Waals surface area contributed by atoms with Crippen LogP contribution in [0.5, 0.6) is 0 Å². The Morgan fingerprint density at radius 1 is 1.13 bits per heavy atom. The summed E-state index contributed by atoms with van der Waals surface area (Å²) in [6.45, 7) is 3.51. The molecule has 1 saturated heterocycles. The van der Waals surface area contributed by atoms with Crippen LogP contribution in [0.1, 0.15) is 40.2 Å². The molecule has 0 radical (unpaired) electrons. The summed E-state index contributed by atoms with van der Waals surface area (Å²) in [5.74, 6) is -0.225. The smallest absolute Gasteiger partial charge is 0.260 e. The number of carbonyl (C=O) groups excluding carboxylic acids is 1. The number of likely N-dealkylation sites (tertiary alicyclic amines) is 1. The predicted octanol–water partition coefficient (Wildman–Crippen LogP) is 2.57. The zero-order valence-corrected chi connectivity index (χ0v) is 16.9. The third kappa shape index (κ3) is 3.15. The van der Waals surface area contributed by atoms with E-state index in [4.69, 9.17) is 9.84 Å². The van der Waals surface area contributed by atoms with Crippen molar-refractivity contribution in [3.63, 3.8) is 0 Å². The van der Waals surface area contributed by atoms with Crippen molar-refractivity contribution in [3.05, 3.63) is 81.5 Å². The van der Waals surface area contributed by atoms with Gasteiger partial charge >= 0.3 is 0 Å². The predicted molar refractivity (Wildman–Crippen MR) is 112 cm³/mol. The molecule has 0 saturated carbocycles. The molecule has 1 amide bonds. The number of H-pyrrole nitrogens is 1. The van der Waals surface area contributed by atoms with Gasteiger partial charge in [-0.1, -0.05) is 18.2 Å². The van der Waals surface area contributed by atoms with Crippen LogP contribution in [-0.4, -0.2) is 45.3 Å². The molecule has 0 unspecified atom stereocenters. The minimum Gasteiger partial charge on any atom is -0.368 e. The van der Waals surface area contributed by atoms with Crippen LogP contribution in [0.2, 0.25) is 0 Å². The molecule has 1 aromatic carbocycles. The van der Waals surface area contributed by atoms with Gasteiger partial charge in [0.1, 0.15) is 11.2 Å². The summed E-state index contributed by atoms with van der Waals surface area (Å²) >= 11 is 0. The van der Waals surface area contributed by atoms with Gasteiger partial charge in [0.2, 0.25) is 0 Å². The van der Waals surface area contributed by atoms with E-state index < -0.39 is 5.60 Å². The van der Waals surface area contributed by atoms with Gasteiger partial charge in [0.25, 0.3) is 11.5 Å². The van der Waals surface area contributed by atoms with Crippen LogP contribution in [0.4, 0.5) is 0 Å². The number of para-hydroxylation sites is 1. The second-order valence-electron chi connectivity index (χ2n) is 8.05. The van der Waals surface area contributed by atoms with Crippen molar-refractivity contribution in [3.8, 4) is 5.69 Å². The molecule has 1 N–H and O–H groups in total. The molecule has 7 nitrogen and oxygen atoms in total. The lowest BCUT2D eigenvalue weighted by Gasteiger charge is -2.42. The normalized spacial score (nSPS) is 17.7. The van der Waals surface area contributed by atoms with Gasteiger partial charge in [0.15, 0.2) is 0 Å². The summed E-state index contributed by atoms with van der Waals surface area (Å²) in [5, 5.41) is 4.88. The standard InChI is InChI=1S/C23H24N4O3/c1-16-7-8-19(21(28)24-16)22(29)26-12-10-23(11-13-26)20-17(9-14-30-23)15-27(25-20)18-5-3-2-4-6-18/h2-8,15H,9-14H2,1H3,(H,24,28). The monoisotopic (exact) mass is 404 g/mol. The molecule has 7 heteroatoms. The number of amides is 1. The van der Waals surface area contributed by atoms with Gasteiger partial charge in [0.05, 0.1) is 18.0 Å². The number of fused-ring (bicyclic) bond motifs is 2. The number of nitrogens with zero attached hydrogens (tertiary/aromatic N) is 3. The molecule has 3 aromatic rings. The minimum atomic E-state index is -0.468. The van der Waals surface area contributed by atoms with Crippen molar-refractivity contribution >= 4 is 5.91 Å². The first-order valence-electron chi connectivity index (χ1n) is 10.3. The van der Waals surface area contributed by atoms with Crippen LogP contribution in [-0.2, 0) is 16.8 Å². The quantitative estimate of drug-likeness (QED) is 0.712. The van der Waals surface area contributed by atoms with E-state index in [1.54, 1.807) is 24.0 Å². The molecule has 0 atom stereocenters. The second-order valence-corrected chi connectivity index (χ2v) is 8.05. The average Bonchev–Trinajstić information content (AvgIpc) is 3.21. The molecule has 1 fully saturated rings. The Hall–Kier alpha value is -3.19. The summed E-state index contributed by atoms with van der Waals surface area (Å²) in [6.07, 6.45) is 4.27. The molecular formula is C23H24N4O3. The highest BCUT2D eigenvalue weighted by molar-refractivity contribution is 5.93. The fourth-order valence-electron chi connectivity index (χ4n) is 4.48. The summed E-state index contributed by atoms with van der Waals surface area (Å²) in [6, 6.07) is 13.4. The van der Waals surface area contributed by atoms with E-state index in [2.05, 4.69) is 11.2 Å². The Kier molecular flexibility index (Phi) is 4.55. The van der Waals surface area contributed by atoms with E-state index in [-0.39, 0.29) is 17.0 Å². The highest BCUT2D eigenvalue weighted by Gasteiger charge is 2.44. The minimum absolute atomic E-state index is 0.190. The van der Waals surface area contributed by atoms with Gasteiger partial charge in [-0.3, -0.25) is 9.59 Å². The second kappa shape index (κ2) is 7.25. The number of hydrogen-bond donors (Lipinski definition) is 1. The Labute approximate surface area is 174 Å². The maximum absolute atomic E-state index is 12.9. The van der Waals surface area contributed by atoms with Gasteiger partial charge < -0.3 is 14.6 Å². The summed E-state index contributed by atoms with van der Waals surface area (Å²) in [4.78, 5) is 29.5. The van der Waals surface area contributed by atoms with Gasteiger partial charge in [-0.2, -0.15) is 5.10 Å². The molecule has 30 heavy (non-hydrogen) atoms. The maximum Gasteiger partial charge on any atom is 0.260 e. The Morgan fingerprint density at radius 3 is 2.63 bits per heavy atom. The lowest BCUT2D eigenvalue weighted by atomic mass is 9.83. The zero-order chi connectivity index (χ0) is 20.7. The summed E-state index contributed by atoms with van der Waals surface area (Å²) in [7, 11) is 0. The number of piperidine rings is 1. The van der Waals surface area contributed by atoms with E-state index in [1.165, 1.54) is 5.56 Å². The number of ether oxygens (including phenoxy) is 1. The summed E-state index contributed by atoms with van der Waals surface area (Å²) in [5.41, 5.74) is 3.34. The first-order chi connectivity index (χ1) is 14.6. The summed E-state index contributed by atoms with van der Waals surface area (Å²) < 4.78 is 8.19. The Morgan fingerprint density at radius 2 is 1.90 bits per heavy atom. The molecule has 2 aliphatic heterocycles. The van der Waals surface area contributed by atoms with Crippen LogP contribution < -0.4 is 5.56 Å². The fourth-order valence-corrected chi connectivity index (χ4v) is 4.48. The van der Waals surface area contributed by atoms with Crippen molar-refractivity contribution < 1.29 is 9.53 Å². The van der Waals surface area contributed by atoms with E-state index in [0.717, 1.165) is 23.5 Å². The first-order valence-corrected chi connectivity index (χ1v) is 10.3. The largest absolute Gasteiger partial charge is 0.368 e. The molecule has 2 aromatic heterocycles.